The van der Waals surface area contributed by atoms with Gasteiger partial charge in [0.2, 0.25) is 0 Å². The Balaban J connectivity index is 1.14. The molecule has 0 aliphatic carbocycles. The number of aryl methyl sites for hydroxylation is 1. The molecule has 4 heterocycles. The van der Waals surface area contributed by atoms with Gasteiger partial charge in [-0.25, -0.2) is 4.39 Å². The Bertz CT molecular complexity index is 1160. The maximum absolute atomic E-state index is 13.4. The minimum absolute atomic E-state index is 0.0302. The first-order valence-corrected chi connectivity index (χ1v) is 11.0. The number of benzene rings is 1. The fourth-order valence-corrected chi connectivity index (χ4v) is 4.68. The molecule has 32 heavy (non-hydrogen) atoms. The molecule has 9 heteroatoms. The van der Waals surface area contributed by atoms with Crippen LogP contribution in [-0.4, -0.2) is 77.0 Å². The Morgan fingerprint density at radius 3 is 2.69 bits per heavy atom. The molecule has 0 atom stereocenters. The van der Waals surface area contributed by atoms with Gasteiger partial charge in [-0.1, -0.05) is 5.16 Å². The highest BCUT2D eigenvalue weighted by Crippen LogP contribution is 2.27. The summed E-state index contributed by atoms with van der Waals surface area (Å²) in [5.41, 5.74) is 1.50. The summed E-state index contributed by atoms with van der Waals surface area (Å²) in [4.78, 5) is 31.6. The zero-order chi connectivity index (χ0) is 22.2. The summed E-state index contributed by atoms with van der Waals surface area (Å²) in [6.45, 7) is 5.38. The number of rotatable bonds is 5. The van der Waals surface area contributed by atoms with Gasteiger partial charge in [-0.15, -0.1) is 0 Å². The van der Waals surface area contributed by atoms with Gasteiger partial charge < -0.3 is 18.9 Å². The van der Waals surface area contributed by atoms with Gasteiger partial charge in [0.1, 0.15) is 5.82 Å². The van der Waals surface area contributed by atoms with E-state index in [-0.39, 0.29) is 17.5 Å². The van der Waals surface area contributed by atoms with E-state index in [9.17, 15) is 14.0 Å². The van der Waals surface area contributed by atoms with Gasteiger partial charge in [-0.3, -0.25) is 14.5 Å². The lowest BCUT2D eigenvalue weighted by Crippen LogP contribution is -2.47. The Hall–Kier alpha value is -3.20. The van der Waals surface area contributed by atoms with E-state index in [1.165, 1.54) is 12.1 Å². The Kier molecular flexibility index (Phi) is 5.42. The topological polar surface area (TPSA) is 74.8 Å². The molecule has 168 valence electrons. The second-order valence-corrected chi connectivity index (χ2v) is 8.48. The Morgan fingerprint density at radius 2 is 1.88 bits per heavy atom. The van der Waals surface area contributed by atoms with Gasteiger partial charge in [0.05, 0.1) is 16.6 Å². The molecule has 0 radical (unpaired) electrons. The highest BCUT2D eigenvalue weighted by molar-refractivity contribution is 6.08. The summed E-state index contributed by atoms with van der Waals surface area (Å²) < 4.78 is 20.4. The van der Waals surface area contributed by atoms with Gasteiger partial charge in [0, 0.05) is 65.0 Å². The molecule has 1 amide bonds. The summed E-state index contributed by atoms with van der Waals surface area (Å²) in [6, 6.07) is 6.24. The van der Waals surface area contributed by atoms with E-state index in [2.05, 4.69) is 15.0 Å². The van der Waals surface area contributed by atoms with E-state index in [0.29, 0.717) is 36.4 Å². The van der Waals surface area contributed by atoms with E-state index in [1.54, 1.807) is 34.8 Å². The van der Waals surface area contributed by atoms with Crippen LogP contribution in [0.5, 0.6) is 0 Å². The monoisotopic (exact) mass is 439 g/mol. The van der Waals surface area contributed by atoms with Gasteiger partial charge in [0.25, 0.3) is 5.91 Å². The number of carbonyl (C=O) groups is 2. The van der Waals surface area contributed by atoms with Crippen LogP contribution in [0.3, 0.4) is 0 Å². The molecule has 5 rings (SSSR count). The van der Waals surface area contributed by atoms with Crippen molar-refractivity contribution in [1.82, 2.24) is 19.5 Å². The van der Waals surface area contributed by atoms with Gasteiger partial charge >= 0.3 is 0 Å². The lowest BCUT2D eigenvalue weighted by molar-refractivity contribution is 0.0750. The lowest BCUT2D eigenvalue weighted by atomic mass is 10.1. The van der Waals surface area contributed by atoms with E-state index < -0.39 is 0 Å². The van der Waals surface area contributed by atoms with Crippen LogP contribution in [0, 0.1) is 5.82 Å². The van der Waals surface area contributed by atoms with E-state index in [4.69, 9.17) is 4.52 Å². The third-order valence-corrected chi connectivity index (χ3v) is 6.45. The second kappa shape index (κ2) is 8.38. The second-order valence-electron chi connectivity index (χ2n) is 8.48. The summed E-state index contributed by atoms with van der Waals surface area (Å²) >= 11 is 0. The Morgan fingerprint density at radius 1 is 1.06 bits per heavy atom. The molecular weight excluding hydrogens is 413 g/mol. The number of ketones is 1. The van der Waals surface area contributed by atoms with Crippen LogP contribution < -0.4 is 4.90 Å². The molecule has 0 bridgehead atoms. The molecule has 2 aliphatic rings. The number of piperazine rings is 1. The molecule has 0 unspecified atom stereocenters. The maximum atomic E-state index is 13.4. The van der Waals surface area contributed by atoms with Crippen molar-refractivity contribution in [1.29, 1.82) is 0 Å². The van der Waals surface area contributed by atoms with Crippen LogP contribution in [0.4, 0.5) is 10.2 Å². The zero-order valence-electron chi connectivity index (χ0n) is 18.1. The molecule has 0 spiro atoms. The molecular formula is C23H26FN5O3. The van der Waals surface area contributed by atoms with Crippen LogP contribution in [0.2, 0.25) is 0 Å². The lowest BCUT2D eigenvalue weighted by Gasteiger charge is -2.35. The van der Waals surface area contributed by atoms with Crippen molar-refractivity contribution < 1.29 is 18.5 Å². The smallest absolute Gasteiger partial charge is 0.256 e. The predicted molar refractivity (Wildman–Crippen MR) is 118 cm³/mol. The standard InChI is InChI=1S/C23H26FN5O3/c1-26-9-5-18-21(26)19(30)6-10-29(23(18)31)8-2-7-27-11-13-28(14-12-27)22-17-4-3-16(24)15-20(17)32-25-22/h3-5,9,15H,2,6-8,10-14H2,1H3. The van der Waals surface area contributed by atoms with Crippen molar-refractivity contribution in [2.75, 3.05) is 50.7 Å². The van der Waals surface area contributed by atoms with Crippen molar-refractivity contribution in [3.8, 4) is 0 Å². The van der Waals surface area contributed by atoms with Gasteiger partial charge in [-0.05, 0) is 31.2 Å². The number of aromatic nitrogens is 2. The first-order chi connectivity index (χ1) is 15.5. The Labute approximate surface area is 185 Å². The van der Waals surface area contributed by atoms with Crippen molar-refractivity contribution in [2.24, 2.45) is 7.05 Å². The predicted octanol–water partition coefficient (Wildman–Crippen LogP) is 2.55. The number of halogens is 1. The van der Waals surface area contributed by atoms with Gasteiger partial charge in [-0.2, -0.15) is 0 Å². The third-order valence-electron chi connectivity index (χ3n) is 6.45. The highest BCUT2D eigenvalue weighted by Gasteiger charge is 2.29. The molecule has 0 saturated carbocycles. The summed E-state index contributed by atoms with van der Waals surface area (Å²) in [6.07, 6.45) is 3.00. The molecule has 8 nitrogen and oxygen atoms in total. The molecule has 1 saturated heterocycles. The van der Waals surface area contributed by atoms with Crippen molar-refractivity contribution >= 4 is 28.5 Å². The fourth-order valence-electron chi connectivity index (χ4n) is 4.68. The molecule has 1 fully saturated rings. The quantitative estimate of drug-likeness (QED) is 0.608. The number of fused-ring (bicyclic) bond motifs is 2. The largest absolute Gasteiger partial charge is 0.354 e. The van der Waals surface area contributed by atoms with Crippen LogP contribution in [0.15, 0.2) is 35.0 Å². The zero-order valence-corrected chi connectivity index (χ0v) is 18.1. The highest BCUT2D eigenvalue weighted by atomic mass is 19.1. The van der Waals surface area contributed by atoms with Crippen LogP contribution >= 0.6 is 0 Å². The molecule has 2 aromatic heterocycles. The van der Waals surface area contributed by atoms with E-state index in [1.807, 2.05) is 0 Å². The first-order valence-electron chi connectivity index (χ1n) is 11.0. The van der Waals surface area contributed by atoms with Crippen molar-refractivity contribution in [3.63, 3.8) is 0 Å². The summed E-state index contributed by atoms with van der Waals surface area (Å²) in [5.74, 6) is 0.409. The SMILES string of the molecule is Cn1ccc2c1C(=O)CCN(CCCN1CCN(c3noc4cc(F)ccc34)CC1)C2=O. The van der Waals surface area contributed by atoms with E-state index in [0.717, 1.165) is 50.3 Å². The van der Waals surface area contributed by atoms with Crippen molar-refractivity contribution in [3.05, 3.63) is 47.5 Å². The molecule has 2 aliphatic heterocycles. The minimum atomic E-state index is -0.333. The third kappa shape index (κ3) is 3.77. The summed E-state index contributed by atoms with van der Waals surface area (Å²) in [7, 11) is 1.81. The number of hydrogen-bond acceptors (Lipinski definition) is 6. The number of amides is 1. The summed E-state index contributed by atoms with van der Waals surface area (Å²) in [5, 5.41) is 4.97. The van der Waals surface area contributed by atoms with Crippen LogP contribution in [-0.2, 0) is 7.05 Å². The fraction of sp³-hybridized carbons (Fsp3) is 0.435. The first kappa shape index (κ1) is 20.7. The maximum Gasteiger partial charge on any atom is 0.256 e. The number of Topliss-reactive ketones (excluding diaryl/α,β-unsaturated/α-hetero) is 1. The van der Waals surface area contributed by atoms with Gasteiger partial charge in [0.15, 0.2) is 17.2 Å². The number of hydrogen-bond donors (Lipinski definition) is 0. The minimum Gasteiger partial charge on any atom is -0.354 e. The average molecular weight is 439 g/mol. The number of carbonyl (C=O) groups excluding carboxylic acids is 2. The van der Waals surface area contributed by atoms with E-state index >= 15 is 0 Å². The molecule has 3 aromatic rings. The molecule has 0 N–H and O–H groups in total. The number of nitrogens with zero attached hydrogens (tertiary/aromatic N) is 5. The number of anilines is 1. The van der Waals surface area contributed by atoms with Crippen LogP contribution in [0.1, 0.15) is 33.7 Å². The van der Waals surface area contributed by atoms with Crippen molar-refractivity contribution in [2.45, 2.75) is 12.8 Å². The average Bonchev–Trinajstić information content (AvgIpc) is 3.36. The molecule has 1 aromatic carbocycles. The normalized spacial score (nSPS) is 17.8. The van der Waals surface area contributed by atoms with Crippen LogP contribution in [0.25, 0.3) is 11.0 Å².